The number of halogens is 1. The first-order chi connectivity index (χ1) is 7.77. The molecule has 0 saturated heterocycles. The van der Waals surface area contributed by atoms with Gasteiger partial charge in [0.05, 0.1) is 6.61 Å². The van der Waals surface area contributed by atoms with Crippen LogP contribution in [-0.2, 0) is 11.3 Å². The molecule has 0 aromatic carbocycles. The molecule has 0 bridgehead atoms. The first kappa shape index (κ1) is 13.5. The van der Waals surface area contributed by atoms with Crippen molar-refractivity contribution in [1.29, 1.82) is 0 Å². The van der Waals surface area contributed by atoms with Gasteiger partial charge in [-0.05, 0) is 13.3 Å². The summed E-state index contributed by atoms with van der Waals surface area (Å²) in [6.07, 6.45) is 4.74. The van der Waals surface area contributed by atoms with Crippen LogP contribution in [0.1, 0.15) is 12.2 Å². The molecular weight excluding hydrogens is 226 g/mol. The van der Waals surface area contributed by atoms with Crippen LogP contribution in [0.2, 0.25) is 0 Å². The van der Waals surface area contributed by atoms with Crippen molar-refractivity contribution in [3.05, 3.63) is 18.2 Å². The summed E-state index contributed by atoms with van der Waals surface area (Å²) in [7, 11) is 1.71. The maximum atomic E-state index is 5.72. The molecule has 4 nitrogen and oxygen atoms in total. The molecule has 1 aromatic heterocycles. The third-order valence-corrected chi connectivity index (χ3v) is 2.75. The molecule has 1 unspecified atom stereocenters. The maximum Gasteiger partial charge on any atom is 0.105 e. The molecule has 1 rings (SSSR count). The summed E-state index contributed by atoms with van der Waals surface area (Å²) >= 11 is 5.72. The van der Waals surface area contributed by atoms with E-state index < -0.39 is 0 Å². The number of hydrogen-bond donors (Lipinski definition) is 1. The molecule has 0 radical (unpaired) electrons. The van der Waals surface area contributed by atoms with E-state index in [1.807, 2.05) is 19.3 Å². The van der Waals surface area contributed by atoms with Gasteiger partial charge in [0.15, 0.2) is 0 Å². The minimum atomic E-state index is 0.339. The highest BCUT2D eigenvalue weighted by Gasteiger charge is 2.06. The van der Waals surface area contributed by atoms with E-state index in [-0.39, 0.29) is 0 Å². The largest absolute Gasteiger partial charge is 0.383 e. The molecule has 0 aliphatic rings. The van der Waals surface area contributed by atoms with E-state index in [4.69, 9.17) is 16.3 Å². The molecule has 1 atom stereocenters. The number of hydrogen-bond acceptors (Lipinski definition) is 3. The minimum Gasteiger partial charge on any atom is -0.383 e. The standard InChI is InChI=1S/C11H20ClN3O/c1-10-13-5-7-15(10)8-6-14-11(3-4-12)9-16-2/h5,7,11,14H,3-4,6,8-9H2,1-2H3. The molecule has 0 spiro atoms. The SMILES string of the molecule is COCC(CCCl)NCCn1ccnc1C. The summed E-state index contributed by atoms with van der Waals surface area (Å²) in [6, 6.07) is 0.339. The molecular formula is C11H20ClN3O. The second kappa shape index (κ2) is 7.65. The van der Waals surface area contributed by atoms with Gasteiger partial charge in [0, 0.05) is 44.5 Å². The molecule has 0 saturated carbocycles. The molecule has 0 aliphatic heterocycles. The van der Waals surface area contributed by atoms with Gasteiger partial charge in [-0.25, -0.2) is 4.98 Å². The topological polar surface area (TPSA) is 39.1 Å². The number of nitrogens with one attached hydrogen (secondary N) is 1. The molecule has 1 N–H and O–H groups in total. The Kier molecular flexibility index (Phi) is 6.45. The van der Waals surface area contributed by atoms with E-state index in [0.29, 0.717) is 18.5 Å². The van der Waals surface area contributed by atoms with Crippen LogP contribution in [0.3, 0.4) is 0 Å². The van der Waals surface area contributed by atoms with Crippen molar-refractivity contribution in [3.63, 3.8) is 0 Å². The monoisotopic (exact) mass is 245 g/mol. The van der Waals surface area contributed by atoms with E-state index >= 15 is 0 Å². The van der Waals surface area contributed by atoms with E-state index in [0.717, 1.165) is 25.3 Å². The van der Waals surface area contributed by atoms with Crippen LogP contribution in [0.5, 0.6) is 0 Å². The maximum absolute atomic E-state index is 5.72. The lowest BCUT2D eigenvalue weighted by molar-refractivity contribution is 0.164. The zero-order valence-corrected chi connectivity index (χ0v) is 10.7. The lowest BCUT2D eigenvalue weighted by Crippen LogP contribution is -2.35. The smallest absolute Gasteiger partial charge is 0.105 e. The Balaban J connectivity index is 2.24. The van der Waals surface area contributed by atoms with E-state index in [2.05, 4.69) is 14.9 Å². The van der Waals surface area contributed by atoms with Crippen LogP contribution in [0.15, 0.2) is 12.4 Å². The predicted octanol–water partition coefficient (Wildman–Crippen LogP) is 1.43. The number of rotatable bonds is 8. The summed E-state index contributed by atoms with van der Waals surface area (Å²) in [5.74, 6) is 1.70. The van der Waals surface area contributed by atoms with Gasteiger partial charge in [-0.1, -0.05) is 0 Å². The molecule has 0 fully saturated rings. The Labute approximate surface area is 102 Å². The Hall–Kier alpha value is -0.580. The number of ether oxygens (including phenoxy) is 1. The van der Waals surface area contributed by atoms with Crippen molar-refractivity contribution in [1.82, 2.24) is 14.9 Å². The zero-order valence-electron chi connectivity index (χ0n) is 9.95. The van der Waals surface area contributed by atoms with Crippen LogP contribution >= 0.6 is 11.6 Å². The Morgan fingerprint density at radius 2 is 2.44 bits per heavy atom. The number of imidazole rings is 1. The van der Waals surface area contributed by atoms with Crippen molar-refractivity contribution in [3.8, 4) is 0 Å². The normalized spacial score (nSPS) is 12.9. The van der Waals surface area contributed by atoms with Gasteiger partial charge in [-0.2, -0.15) is 0 Å². The van der Waals surface area contributed by atoms with Crippen LogP contribution in [0.25, 0.3) is 0 Å². The fourth-order valence-corrected chi connectivity index (χ4v) is 1.87. The fraction of sp³-hybridized carbons (Fsp3) is 0.727. The number of methoxy groups -OCH3 is 1. The summed E-state index contributed by atoms with van der Waals surface area (Å²) in [4.78, 5) is 4.18. The highest BCUT2D eigenvalue weighted by Crippen LogP contribution is 1.97. The zero-order chi connectivity index (χ0) is 11.8. The lowest BCUT2D eigenvalue weighted by atomic mass is 10.2. The van der Waals surface area contributed by atoms with Crippen molar-refractivity contribution in [2.24, 2.45) is 0 Å². The number of alkyl halides is 1. The first-order valence-electron chi connectivity index (χ1n) is 5.54. The van der Waals surface area contributed by atoms with Crippen molar-refractivity contribution >= 4 is 11.6 Å². The van der Waals surface area contributed by atoms with Crippen molar-refractivity contribution in [2.45, 2.75) is 25.9 Å². The van der Waals surface area contributed by atoms with Crippen LogP contribution in [0.4, 0.5) is 0 Å². The van der Waals surface area contributed by atoms with Crippen LogP contribution in [0, 0.1) is 6.92 Å². The Bertz CT molecular complexity index is 285. The predicted molar refractivity (Wildman–Crippen MR) is 66.0 cm³/mol. The first-order valence-corrected chi connectivity index (χ1v) is 6.07. The van der Waals surface area contributed by atoms with Gasteiger partial charge in [-0.3, -0.25) is 0 Å². The summed E-state index contributed by atoms with van der Waals surface area (Å²) in [5, 5.41) is 3.43. The van der Waals surface area contributed by atoms with E-state index in [1.54, 1.807) is 7.11 Å². The Morgan fingerprint density at radius 1 is 1.62 bits per heavy atom. The van der Waals surface area contributed by atoms with Crippen LogP contribution < -0.4 is 5.32 Å². The molecule has 0 aliphatic carbocycles. The third-order valence-electron chi connectivity index (χ3n) is 2.53. The molecule has 0 amide bonds. The average Bonchev–Trinajstić information content (AvgIpc) is 2.65. The van der Waals surface area contributed by atoms with Crippen molar-refractivity contribution < 1.29 is 4.74 Å². The number of aromatic nitrogens is 2. The minimum absolute atomic E-state index is 0.339. The second-order valence-corrected chi connectivity index (χ2v) is 4.13. The van der Waals surface area contributed by atoms with Gasteiger partial charge < -0.3 is 14.6 Å². The lowest BCUT2D eigenvalue weighted by Gasteiger charge is -2.17. The van der Waals surface area contributed by atoms with Crippen LogP contribution in [-0.4, -0.2) is 41.7 Å². The molecule has 1 heterocycles. The second-order valence-electron chi connectivity index (χ2n) is 3.75. The number of aryl methyl sites for hydroxylation is 1. The van der Waals surface area contributed by atoms with Gasteiger partial charge in [0.25, 0.3) is 0 Å². The molecule has 92 valence electrons. The van der Waals surface area contributed by atoms with E-state index in [9.17, 15) is 0 Å². The fourth-order valence-electron chi connectivity index (χ4n) is 1.61. The summed E-state index contributed by atoms with van der Waals surface area (Å²) in [5.41, 5.74) is 0. The molecule has 1 aromatic rings. The molecule has 16 heavy (non-hydrogen) atoms. The third kappa shape index (κ3) is 4.51. The number of nitrogens with zero attached hydrogens (tertiary/aromatic N) is 2. The van der Waals surface area contributed by atoms with Gasteiger partial charge in [0.1, 0.15) is 5.82 Å². The van der Waals surface area contributed by atoms with Gasteiger partial charge >= 0.3 is 0 Å². The average molecular weight is 246 g/mol. The van der Waals surface area contributed by atoms with Gasteiger partial charge in [-0.15, -0.1) is 11.6 Å². The summed E-state index contributed by atoms with van der Waals surface area (Å²) in [6.45, 7) is 4.54. The quantitative estimate of drug-likeness (QED) is 0.705. The summed E-state index contributed by atoms with van der Waals surface area (Å²) < 4.78 is 7.25. The Morgan fingerprint density at radius 3 is 3.00 bits per heavy atom. The molecule has 5 heteroatoms. The van der Waals surface area contributed by atoms with E-state index in [1.165, 1.54) is 0 Å². The highest BCUT2D eigenvalue weighted by atomic mass is 35.5. The van der Waals surface area contributed by atoms with Crippen molar-refractivity contribution in [2.75, 3.05) is 26.1 Å². The highest BCUT2D eigenvalue weighted by molar-refractivity contribution is 6.17. The van der Waals surface area contributed by atoms with Gasteiger partial charge in [0.2, 0.25) is 0 Å².